The summed E-state index contributed by atoms with van der Waals surface area (Å²) < 4.78 is 5.27. The summed E-state index contributed by atoms with van der Waals surface area (Å²) in [7, 11) is 0. The van der Waals surface area contributed by atoms with Gasteiger partial charge in [0.1, 0.15) is 0 Å². The molecular formula is C11H7Cl2N3O. The first-order valence-corrected chi connectivity index (χ1v) is 5.66. The average Bonchev–Trinajstić information content (AvgIpc) is 2.85. The van der Waals surface area contributed by atoms with Gasteiger partial charge in [-0.3, -0.25) is 0 Å². The highest BCUT2D eigenvalue weighted by Gasteiger charge is 2.13. The molecule has 6 heteroatoms. The third kappa shape index (κ3) is 1.69. The summed E-state index contributed by atoms with van der Waals surface area (Å²) in [4.78, 5) is 11.5. The quantitative estimate of drug-likeness (QED) is 0.729. The standard InChI is InChI=1S/C11H7Cl2N3O/c1-5-10(17-4-14-5)11-15-8-2-6(12)7(13)3-9(8)16-11/h2-4H,1H3,(H,15,16). The van der Waals surface area contributed by atoms with Gasteiger partial charge in [-0.1, -0.05) is 23.2 Å². The van der Waals surface area contributed by atoms with Gasteiger partial charge in [0.15, 0.2) is 18.0 Å². The van der Waals surface area contributed by atoms with Crippen LogP contribution in [0.15, 0.2) is 22.9 Å². The highest BCUT2D eigenvalue weighted by molar-refractivity contribution is 6.42. The third-order valence-electron chi connectivity index (χ3n) is 2.48. The van der Waals surface area contributed by atoms with Crippen LogP contribution in [0.4, 0.5) is 0 Å². The van der Waals surface area contributed by atoms with E-state index in [0.717, 1.165) is 16.7 Å². The molecule has 86 valence electrons. The van der Waals surface area contributed by atoms with Crippen LogP contribution in [0.5, 0.6) is 0 Å². The molecule has 0 radical (unpaired) electrons. The summed E-state index contributed by atoms with van der Waals surface area (Å²) in [6, 6.07) is 3.45. The molecule has 4 nitrogen and oxygen atoms in total. The van der Waals surface area contributed by atoms with Crippen LogP contribution in [0.2, 0.25) is 10.0 Å². The van der Waals surface area contributed by atoms with Gasteiger partial charge in [0, 0.05) is 0 Å². The van der Waals surface area contributed by atoms with Crippen LogP contribution in [-0.4, -0.2) is 15.0 Å². The van der Waals surface area contributed by atoms with Crippen molar-refractivity contribution in [1.29, 1.82) is 0 Å². The SMILES string of the molecule is Cc1ncoc1-c1nc2cc(Cl)c(Cl)cc2[nH]1. The van der Waals surface area contributed by atoms with Gasteiger partial charge in [-0.05, 0) is 19.1 Å². The van der Waals surface area contributed by atoms with E-state index in [-0.39, 0.29) is 0 Å². The van der Waals surface area contributed by atoms with Gasteiger partial charge < -0.3 is 9.40 Å². The Balaban J connectivity index is 2.24. The van der Waals surface area contributed by atoms with Crippen molar-refractivity contribution in [2.75, 3.05) is 0 Å². The average molecular weight is 268 g/mol. The molecule has 0 saturated heterocycles. The number of H-pyrrole nitrogens is 1. The van der Waals surface area contributed by atoms with Crippen molar-refractivity contribution in [2.45, 2.75) is 6.92 Å². The largest absolute Gasteiger partial charge is 0.440 e. The van der Waals surface area contributed by atoms with Gasteiger partial charge >= 0.3 is 0 Å². The van der Waals surface area contributed by atoms with E-state index in [1.54, 1.807) is 12.1 Å². The lowest BCUT2D eigenvalue weighted by molar-refractivity contribution is 0.567. The van der Waals surface area contributed by atoms with Crippen molar-refractivity contribution in [1.82, 2.24) is 15.0 Å². The van der Waals surface area contributed by atoms with Crippen molar-refractivity contribution < 1.29 is 4.42 Å². The smallest absolute Gasteiger partial charge is 0.192 e. The van der Waals surface area contributed by atoms with E-state index in [0.29, 0.717) is 21.6 Å². The Kier molecular flexibility index (Phi) is 2.34. The zero-order valence-corrected chi connectivity index (χ0v) is 10.3. The topological polar surface area (TPSA) is 54.7 Å². The summed E-state index contributed by atoms with van der Waals surface area (Å²) in [5.41, 5.74) is 2.33. The summed E-state index contributed by atoms with van der Waals surface area (Å²) in [5.74, 6) is 1.24. The van der Waals surface area contributed by atoms with E-state index in [1.165, 1.54) is 6.39 Å². The molecule has 3 rings (SSSR count). The number of fused-ring (bicyclic) bond motifs is 1. The number of benzene rings is 1. The maximum Gasteiger partial charge on any atom is 0.192 e. The minimum atomic E-state index is 0.478. The number of aryl methyl sites for hydroxylation is 1. The first-order chi connectivity index (χ1) is 8.15. The van der Waals surface area contributed by atoms with Crippen molar-refractivity contribution in [3.63, 3.8) is 0 Å². The Morgan fingerprint density at radius 2 is 2.00 bits per heavy atom. The normalized spacial score (nSPS) is 11.2. The molecule has 2 aromatic heterocycles. The Bertz CT molecular complexity index is 663. The Morgan fingerprint density at radius 1 is 1.24 bits per heavy atom. The van der Waals surface area contributed by atoms with Crippen LogP contribution in [0.25, 0.3) is 22.6 Å². The zero-order valence-electron chi connectivity index (χ0n) is 8.79. The number of imidazole rings is 1. The molecule has 0 unspecified atom stereocenters. The molecule has 0 saturated carbocycles. The number of nitrogens with one attached hydrogen (secondary N) is 1. The summed E-state index contributed by atoms with van der Waals surface area (Å²) in [6.07, 6.45) is 1.39. The highest BCUT2D eigenvalue weighted by Crippen LogP contribution is 2.29. The van der Waals surface area contributed by atoms with E-state index in [9.17, 15) is 0 Å². The van der Waals surface area contributed by atoms with E-state index in [4.69, 9.17) is 27.6 Å². The fourth-order valence-electron chi connectivity index (χ4n) is 1.64. The number of oxazole rings is 1. The lowest BCUT2D eigenvalue weighted by atomic mass is 10.3. The monoisotopic (exact) mass is 267 g/mol. The molecule has 0 aliphatic heterocycles. The number of hydrogen-bond acceptors (Lipinski definition) is 3. The molecule has 0 aliphatic rings. The fraction of sp³-hybridized carbons (Fsp3) is 0.0909. The molecule has 0 spiro atoms. The predicted octanol–water partition coefficient (Wildman–Crippen LogP) is 3.83. The van der Waals surface area contributed by atoms with Crippen molar-refractivity contribution in [3.8, 4) is 11.6 Å². The molecule has 1 N–H and O–H groups in total. The van der Waals surface area contributed by atoms with Gasteiger partial charge in [0.2, 0.25) is 0 Å². The summed E-state index contributed by atoms with van der Waals surface area (Å²) in [6.45, 7) is 1.85. The Morgan fingerprint density at radius 3 is 2.71 bits per heavy atom. The molecule has 0 bridgehead atoms. The molecular weight excluding hydrogens is 261 g/mol. The highest BCUT2D eigenvalue weighted by atomic mass is 35.5. The number of aromatic amines is 1. The van der Waals surface area contributed by atoms with E-state index in [1.807, 2.05) is 6.92 Å². The zero-order chi connectivity index (χ0) is 12.0. The first kappa shape index (κ1) is 10.6. The maximum atomic E-state index is 5.94. The van der Waals surface area contributed by atoms with E-state index >= 15 is 0 Å². The third-order valence-corrected chi connectivity index (χ3v) is 3.21. The molecule has 0 aliphatic carbocycles. The van der Waals surface area contributed by atoms with Crippen molar-refractivity contribution in [2.24, 2.45) is 0 Å². The van der Waals surface area contributed by atoms with E-state index < -0.39 is 0 Å². The number of rotatable bonds is 1. The van der Waals surface area contributed by atoms with Crippen LogP contribution in [0, 0.1) is 6.92 Å². The van der Waals surface area contributed by atoms with Crippen molar-refractivity contribution >= 4 is 34.2 Å². The summed E-state index contributed by atoms with van der Waals surface area (Å²) >= 11 is 11.9. The Labute approximate surface area is 107 Å². The number of nitrogens with zero attached hydrogens (tertiary/aromatic N) is 2. The molecule has 0 fully saturated rings. The lowest BCUT2D eigenvalue weighted by Crippen LogP contribution is -1.80. The number of halogens is 2. The van der Waals surface area contributed by atoms with Gasteiger partial charge in [0.25, 0.3) is 0 Å². The minimum absolute atomic E-state index is 0.478. The number of aromatic nitrogens is 3. The van der Waals surface area contributed by atoms with Crippen LogP contribution in [0.3, 0.4) is 0 Å². The Hall–Kier alpha value is -1.52. The van der Waals surface area contributed by atoms with Crippen LogP contribution in [-0.2, 0) is 0 Å². The van der Waals surface area contributed by atoms with E-state index in [2.05, 4.69) is 15.0 Å². The lowest BCUT2D eigenvalue weighted by Gasteiger charge is -1.93. The molecule has 2 heterocycles. The fourth-order valence-corrected chi connectivity index (χ4v) is 1.96. The van der Waals surface area contributed by atoms with Gasteiger partial charge in [0.05, 0.1) is 26.8 Å². The number of hydrogen-bond donors (Lipinski definition) is 1. The maximum absolute atomic E-state index is 5.94. The van der Waals surface area contributed by atoms with Crippen molar-refractivity contribution in [3.05, 3.63) is 34.3 Å². The van der Waals surface area contributed by atoms with Crippen LogP contribution < -0.4 is 0 Å². The van der Waals surface area contributed by atoms with Crippen LogP contribution in [0.1, 0.15) is 5.69 Å². The van der Waals surface area contributed by atoms with Crippen LogP contribution >= 0.6 is 23.2 Å². The van der Waals surface area contributed by atoms with Gasteiger partial charge in [-0.2, -0.15) is 0 Å². The molecule has 0 atom stereocenters. The molecule has 0 amide bonds. The van der Waals surface area contributed by atoms with Gasteiger partial charge in [-0.15, -0.1) is 0 Å². The second-order valence-corrected chi connectivity index (χ2v) is 4.45. The summed E-state index contributed by atoms with van der Waals surface area (Å²) in [5, 5.41) is 0.968. The molecule has 17 heavy (non-hydrogen) atoms. The minimum Gasteiger partial charge on any atom is -0.440 e. The second kappa shape index (κ2) is 3.75. The molecule has 3 aromatic rings. The predicted molar refractivity (Wildman–Crippen MR) is 66.3 cm³/mol. The molecule has 1 aromatic carbocycles. The first-order valence-electron chi connectivity index (χ1n) is 4.90. The second-order valence-electron chi connectivity index (χ2n) is 3.64. The van der Waals surface area contributed by atoms with Gasteiger partial charge in [-0.25, -0.2) is 9.97 Å².